The SMILES string of the molecule is NCC1CCN(c2ccccc2Br)C1. The molecule has 1 unspecified atom stereocenters. The van der Waals surface area contributed by atoms with Gasteiger partial charge in [0.1, 0.15) is 0 Å². The Morgan fingerprint density at radius 1 is 1.43 bits per heavy atom. The molecule has 14 heavy (non-hydrogen) atoms. The van der Waals surface area contributed by atoms with Gasteiger partial charge in [0, 0.05) is 17.6 Å². The quantitative estimate of drug-likeness (QED) is 0.878. The first-order chi connectivity index (χ1) is 6.81. The lowest BCUT2D eigenvalue weighted by Gasteiger charge is -2.19. The molecule has 0 amide bonds. The first kappa shape index (κ1) is 9.99. The van der Waals surface area contributed by atoms with Crippen LogP contribution in [0.4, 0.5) is 5.69 Å². The van der Waals surface area contributed by atoms with Crippen LogP contribution < -0.4 is 10.6 Å². The molecule has 1 aliphatic heterocycles. The van der Waals surface area contributed by atoms with Crippen molar-refractivity contribution in [3.05, 3.63) is 28.7 Å². The highest BCUT2D eigenvalue weighted by molar-refractivity contribution is 9.10. The fourth-order valence-electron chi connectivity index (χ4n) is 1.95. The highest BCUT2D eigenvalue weighted by Crippen LogP contribution is 2.29. The first-order valence-corrected chi connectivity index (χ1v) is 5.80. The molecule has 1 fully saturated rings. The second kappa shape index (κ2) is 4.32. The van der Waals surface area contributed by atoms with Gasteiger partial charge in [-0.25, -0.2) is 0 Å². The third-order valence-electron chi connectivity index (χ3n) is 2.81. The van der Waals surface area contributed by atoms with Crippen LogP contribution in [-0.2, 0) is 0 Å². The number of hydrogen-bond acceptors (Lipinski definition) is 2. The second-order valence-electron chi connectivity index (χ2n) is 3.79. The lowest BCUT2D eigenvalue weighted by Crippen LogP contribution is -2.22. The molecule has 2 N–H and O–H groups in total. The monoisotopic (exact) mass is 254 g/mol. The molecule has 0 spiro atoms. The van der Waals surface area contributed by atoms with Crippen LogP contribution in [0.15, 0.2) is 28.7 Å². The standard InChI is InChI=1S/C11H15BrN2/c12-10-3-1-2-4-11(10)14-6-5-9(7-13)8-14/h1-4,9H,5-8,13H2. The van der Waals surface area contributed by atoms with Crippen LogP contribution in [0.2, 0.25) is 0 Å². The van der Waals surface area contributed by atoms with Crippen molar-refractivity contribution in [3.63, 3.8) is 0 Å². The second-order valence-corrected chi connectivity index (χ2v) is 4.64. The van der Waals surface area contributed by atoms with E-state index in [1.54, 1.807) is 0 Å². The summed E-state index contributed by atoms with van der Waals surface area (Å²) in [5.74, 6) is 0.669. The molecule has 2 nitrogen and oxygen atoms in total. The summed E-state index contributed by atoms with van der Waals surface area (Å²) in [6.07, 6.45) is 1.22. The molecule has 2 rings (SSSR count). The molecule has 1 saturated heterocycles. The summed E-state index contributed by atoms with van der Waals surface area (Å²) < 4.78 is 1.18. The summed E-state index contributed by atoms with van der Waals surface area (Å²) in [6, 6.07) is 8.37. The molecule has 1 aliphatic rings. The molecule has 0 bridgehead atoms. The molecule has 0 aliphatic carbocycles. The van der Waals surface area contributed by atoms with Gasteiger partial charge in [0.2, 0.25) is 0 Å². The Hall–Kier alpha value is -0.540. The van der Waals surface area contributed by atoms with Crippen molar-refractivity contribution < 1.29 is 0 Å². The van der Waals surface area contributed by atoms with Gasteiger partial charge in [-0.1, -0.05) is 12.1 Å². The zero-order valence-electron chi connectivity index (χ0n) is 8.12. The van der Waals surface area contributed by atoms with E-state index in [1.807, 2.05) is 6.07 Å². The van der Waals surface area contributed by atoms with E-state index in [1.165, 1.54) is 16.6 Å². The molecular formula is C11H15BrN2. The van der Waals surface area contributed by atoms with Crippen LogP contribution in [0.1, 0.15) is 6.42 Å². The number of anilines is 1. The molecular weight excluding hydrogens is 240 g/mol. The average Bonchev–Trinajstić information content (AvgIpc) is 2.67. The summed E-state index contributed by atoms with van der Waals surface area (Å²) in [5.41, 5.74) is 6.97. The minimum atomic E-state index is 0.669. The molecule has 1 heterocycles. The van der Waals surface area contributed by atoms with E-state index >= 15 is 0 Å². The Morgan fingerprint density at radius 2 is 2.21 bits per heavy atom. The lowest BCUT2D eigenvalue weighted by molar-refractivity contribution is 0.602. The zero-order valence-corrected chi connectivity index (χ0v) is 9.70. The summed E-state index contributed by atoms with van der Waals surface area (Å²) >= 11 is 3.58. The Bertz CT molecular complexity index is 314. The van der Waals surface area contributed by atoms with Crippen molar-refractivity contribution in [2.24, 2.45) is 11.7 Å². The number of para-hydroxylation sites is 1. The maximum Gasteiger partial charge on any atom is 0.0510 e. The Kier molecular flexibility index (Phi) is 3.08. The van der Waals surface area contributed by atoms with Gasteiger partial charge in [0.15, 0.2) is 0 Å². The lowest BCUT2D eigenvalue weighted by atomic mass is 10.1. The predicted molar refractivity (Wildman–Crippen MR) is 63.5 cm³/mol. The highest BCUT2D eigenvalue weighted by atomic mass is 79.9. The van der Waals surface area contributed by atoms with Crippen LogP contribution in [0.25, 0.3) is 0 Å². The van der Waals surface area contributed by atoms with E-state index in [-0.39, 0.29) is 0 Å². The maximum absolute atomic E-state index is 5.67. The third kappa shape index (κ3) is 1.93. The van der Waals surface area contributed by atoms with Gasteiger partial charge in [-0.2, -0.15) is 0 Å². The zero-order chi connectivity index (χ0) is 9.97. The topological polar surface area (TPSA) is 29.3 Å². The van der Waals surface area contributed by atoms with E-state index in [9.17, 15) is 0 Å². The van der Waals surface area contributed by atoms with E-state index in [0.29, 0.717) is 5.92 Å². The molecule has 1 aromatic carbocycles. The van der Waals surface area contributed by atoms with Crippen LogP contribution >= 0.6 is 15.9 Å². The fraction of sp³-hybridized carbons (Fsp3) is 0.455. The molecule has 3 heteroatoms. The summed E-state index contributed by atoms with van der Waals surface area (Å²) in [6.45, 7) is 3.03. The smallest absolute Gasteiger partial charge is 0.0510 e. The normalized spacial score (nSPS) is 21.6. The number of nitrogens with zero attached hydrogens (tertiary/aromatic N) is 1. The van der Waals surface area contributed by atoms with Crippen LogP contribution in [0, 0.1) is 5.92 Å². The van der Waals surface area contributed by atoms with Crippen LogP contribution in [0.5, 0.6) is 0 Å². The first-order valence-electron chi connectivity index (χ1n) is 5.01. The molecule has 0 radical (unpaired) electrons. The van der Waals surface area contributed by atoms with Crippen molar-refractivity contribution in [1.29, 1.82) is 0 Å². The molecule has 76 valence electrons. The third-order valence-corrected chi connectivity index (χ3v) is 3.48. The van der Waals surface area contributed by atoms with Gasteiger partial charge >= 0.3 is 0 Å². The molecule has 1 aromatic rings. The van der Waals surface area contributed by atoms with E-state index in [4.69, 9.17) is 5.73 Å². The fourth-order valence-corrected chi connectivity index (χ4v) is 2.49. The van der Waals surface area contributed by atoms with E-state index < -0.39 is 0 Å². The van der Waals surface area contributed by atoms with Gasteiger partial charge in [-0.15, -0.1) is 0 Å². The maximum atomic E-state index is 5.67. The number of nitrogens with two attached hydrogens (primary N) is 1. The van der Waals surface area contributed by atoms with Crippen molar-refractivity contribution in [3.8, 4) is 0 Å². The van der Waals surface area contributed by atoms with Crippen LogP contribution in [-0.4, -0.2) is 19.6 Å². The van der Waals surface area contributed by atoms with E-state index in [2.05, 4.69) is 39.0 Å². The number of halogens is 1. The van der Waals surface area contributed by atoms with Gasteiger partial charge < -0.3 is 10.6 Å². The van der Waals surface area contributed by atoms with Crippen molar-refractivity contribution in [2.45, 2.75) is 6.42 Å². The summed E-state index contributed by atoms with van der Waals surface area (Å²) in [4.78, 5) is 2.40. The number of benzene rings is 1. The molecule has 1 atom stereocenters. The van der Waals surface area contributed by atoms with Crippen molar-refractivity contribution >= 4 is 21.6 Å². The Labute approximate surface area is 93.2 Å². The van der Waals surface area contributed by atoms with Gasteiger partial charge in [-0.3, -0.25) is 0 Å². The Morgan fingerprint density at radius 3 is 2.86 bits per heavy atom. The van der Waals surface area contributed by atoms with E-state index in [0.717, 1.165) is 19.6 Å². The van der Waals surface area contributed by atoms with Gasteiger partial charge in [0.25, 0.3) is 0 Å². The largest absolute Gasteiger partial charge is 0.370 e. The predicted octanol–water partition coefficient (Wildman–Crippen LogP) is 2.23. The van der Waals surface area contributed by atoms with Gasteiger partial charge in [-0.05, 0) is 46.9 Å². The highest BCUT2D eigenvalue weighted by Gasteiger charge is 2.22. The number of hydrogen-bond donors (Lipinski definition) is 1. The van der Waals surface area contributed by atoms with Gasteiger partial charge in [0.05, 0.1) is 5.69 Å². The minimum Gasteiger partial charge on any atom is -0.370 e. The molecule has 0 saturated carbocycles. The number of rotatable bonds is 2. The van der Waals surface area contributed by atoms with Crippen molar-refractivity contribution in [2.75, 3.05) is 24.5 Å². The van der Waals surface area contributed by atoms with Crippen molar-refractivity contribution in [1.82, 2.24) is 0 Å². The Balaban J connectivity index is 2.13. The minimum absolute atomic E-state index is 0.669. The van der Waals surface area contributed by atoms with Crippen LogP contribution in [0.3, 0.4) is 0 Å². The summed E-state index contributed by atoms with van der Waals surface area (Å²) in [5, 5.41) is 0. The summed E-state index contributed by atoms with van der Waals surface area (Å²) in [7, 11) is 0. The molecule has 0 aromatic heterocycles. The average molecular weight is 255 g/mol.